The number of ether oxygens (including phenoxy) is 3. The molecule has 144 valence electrons. The summed E-state index contributed by atoms with van der Waals surface area (Å²) in [6.07, 6.45) is 0. The van der Waals surface area contributed by atoms with Crippen molar-refractivity contribution in [2.45, 2.75) is 6.92 Å². The predicted molar refractivity (Wildman–Crippen MR) is 105 cm³/mol. The zero-order valence-corrected chi connectivity index (χ0v) is 15.9. The Labute approximate surface area is 160 Å². The molecule has 27 heavy (non-hydrogen) atoms. The number of nitrogens with zero attached hydrogens (tertiary/aromatic N) is 2. The molecule has 1 aliphatic rings. The largest absolute Gasteiger partial charge is 0.497 e. The van der Waals surface area contributed by atoms with Gasteiger partial charge in [-0.25, -0.2) is 0 Å². The molecular formula is C21H26N2O4. The van der Waals surface area contributed by atoms with E-state index < -0.39 is 0 Å². The van der Waals surface area contributed by atoms with Crippen LogP contribution < -0.4 is 19.1 Å². The van der Waals surface area contributed by atoms with E-state index in [1.165, 1.54) is 0 Å². The van der Waals surface area contributed by atoms with Crippen LogP contribution in [-0.2, 0) is 4.79 Å². The second-order valence-corrected chi connectivity index (χ2v) is 6.26. The van der Waals surface area contributed by atoms with Gasteiger partial charge in [0.15, 0.2) is 6.61 Å². The van der Waals surface area contributed by atoms with E-state index in [1.807, 2.05) is 60.4 Å². The van der Waals surface area contributed by atoms with Crippen molar-refractivity contribution in [3.8, 4) is 17.2 Å². The summed E-state index contributed by atoms with van der Waals surface area (Å²) in [6, 6.07) is 15.3. The average Bonchev–Trinajstić information content (AvgIpc) is 2.73. The molecule has 1 heterocycles. The first-order valence-electron chi connectivity index (χ1n) is 9.22. The summed E-state index contributed by atoms with van der Waals surface area (Å²) in [5.41, 5.74) is 1.15. The zero-order valence-electron chi connectivity index (χ0n) is 15.9. The summed E-state index contributed by atoms with van der Waals surface area (Å²) >= 11 is 0. The van der Waals surface area contributed by atoms with Crippen LogP contribution in [0.1, 0.15) is 6.92 Å². The third-order valence-corrected chi connectivity index (χ3v) is 4.57. The number of piperazine rings is 1. The molecule has 1 aliphatic heterocycles. The summed E-state index contributed by atoms with van der Waals surface area (Å²) in [7, 11) is 1.66. The van der Waals surface area contributed by atoms with E-state index in [2.05, 4.69) is 4.90 Å². The van der Waals surface area contributed by atoms with Gasteiger partial charge in [-0.2, -0.15) is 0 Å². The minimum atomic E-state index is 0.0123. The standard InChI is InChI=1S/C21H26N2O4/c1-3-26-19-8-10-20(11-9-19)27-16-21(24)23-14-12-22(13-15-23)17-4-6-18(25-2)7-5-17/h4-11H,3,12-16H2,1-2H3. The molecule has 6 heteroatoms. The number of benzene rings is 2. The van der Waals surface area contributed by atoms with Crippen molar-refractivity contribution in [3.63, 3.8) is 0 Å². The highest BCUT2D eigenvalue weighted by Gasteiger charge is 2.21. The van der Waals surface area contributed by atoms with Gasteiger partial charge in [0.2, 0.25) is 0 Å². The number of carbonyl (C=O) groups is 1. The molecular weight excluding hydrogens is 344 g/mol. The first kappa shape index (κ1) is 18.9. The molecule has 2 aromatic rings. The quantitative estimate of drug-likeness (QED) is 0.750. The van der Waals surface area contributed by atoms with E-state index >= 15 is 0 Å². The molecule has 3 rings (SSSR count). The van der Waals surface area contributed by atoms with E-state index in [1.54, 1.807) is 7.11 Å². The highest BCUT2D eigenvalue weighted by atomic mass is 16.5. The van der Waals surface area contributed by atoms with Gasteiger partial charge in [-0.05, 0) is 55.5 Å². The Morgan fingerprint density at radius 1 is 0.852 bits per heavy atom. The van der Waals surface area contributed by atoms with Crippen molar-refractivity contribution in [1.82, 2.24) is 4.90 Å². The van der Waals surface area contributed by atoms with Crippen molar-refractivity contribution < 1.29 is 19.0 Å². The molecule has 1 amide bonds. The van der Waals surface area contributed by atoms with Crippen LogP contribution in [0.4, 0.5) is 5.69 Å². The van der Waals surface area contributed by atoms with Crippen LogP contribution in [-0.4, -0.2) is 57.3 Å². The average molecular weight is 370 g/mol. The highest BCUT2D eigenvalue weighted by Crippen LogP contribution is 2.21. The van der Waals surface area contributed by atoms with Gasteiger partial charge in [-0.15, -0.1) is 0 Å². The number of carbonyl (C=O) groups excluding carboxylic acids is 1. The third kappa shape index (κ3) is 5.06. The maximum absolute atomic E-state index is 12.4. The Morgan fingerprint density at radius 2 is 1.41 bits per heavy atom. The van der Waals surface area contributed by atoms with Gasteiger partial charge in [0.25, 0.3) is 5.91 Å². The summed E-state index contributed by atoms with van der Waals surface area (Å²) in [6.45, 7) is 5.62. The number of hydrogen-bond acceptors (Lipinski definition) is 5. The lowest BCUT2D eigenvalue weighted by Gasteiger charge is -2.36. The fourth-order valence-corrected chi connectivity index (χ4v) is 3.04. The normalized spacial score (nSPS) is 14.0. The zero-order chi connectivity index (χ0) is 19.1. The molecule has 0 saturated carbocycles. The third-order valence-electron chi connectivity index (χ3n) is 4.57. The Kier molecular flexibility index (Phi) is 6.41. The van der Waals surface area contributed by atoms with Gasteiger partial charge in [0.05, 0.1) is 13.7 Å². The van der Waals surface area contributed by atoms with Crippen LogP contribution in [0, 0.1) is 0 Å². The first-order valence-corrected chi connectivity index (χ1v) is 9.22. The van der Waals surface area contributed by atoms with E-state index in [0.29, 0.717) is 25.4 Å². The molecule has 6 nitrogen and oxygen atoms in total. The molecule has 0 bridgehead atoms. The lowest BCUT2D eigenvalue weighted by Crippen LogP contribution is -2.50. The van der Waals surface area contributed by atoms with Crippen molar-refractivity contribution in [3.05, 3.63) is 48.5 Å². The maximum Gasteiger partial charge on any atom is 0.260 e. The van der Waals surface area contributed by atoms with Gasteiger partial charge in [0.1, 0.15) is 17.2 Å². The smallest absolute Gasteiger partial charge is 0.260 e. The summed E-state index contributed by atoms with van der Waals surface area (Å²) in [4.78, 5) is 16.5. The van der Waals surface area contributed by atoms with E-state index in [9.17, 15) is 4.79 Å². The predicted octanol–water partition coefficient (Wildman–Crippen LogP) is 2.82. The Balaban J connectivity index is 1.45. The van der Waals surface area contributed by atoms with Crippen molar-refractivity contribution in [2.24, 2.45) is 0 Å². The van der Waals surface area contributed by atoms with Gasteiger partial charge in [-0.3, -0.25) is 4.79 Å². The van der Waals surface area contributed by atoms with Gasteiger partial charge in [-0.1, -0.05) is 0 Å². The second kappa shape index (κ2) is 9.16. The molecule has 0 aliphatic carbocycles. The van der Waals surface area contributed by atoms with Crippen molar-refractivity contribution in [2.75, 3.05) is 51.4 Å². The maximum atomic E-state index is 12.4. The first-order chi connectivity index (χ1) is 13.2. The monoisotopic (exact) mass is 370 g/mol. The highest BCUT2D eigenvalue weighted by molar-refractivity contribution is 5.78. The number of rotatable bonds is 7. The Hall–Kier alpha value is -2.89. The van der Waals surface area contributed by atoms with Crippen LogP contribution in [0.15, 0.2) is 48.5 Å². The van der Waals surface area contributed by atoms with Crippen molar-refractivity contribution >= 4 is 11.6 Å². The molecule has 0 N–H and O–H groups in total. The molecule has 0 unspecified atom stereocenters. The fraction of sp³-hybridized carbons (Fsp3) is 0.381. The Bertz CT molecular complexity index is 723. The molecule has 0 radical (unpaired) electrons. The van der Waals surface area contributed by atoms with E-state index in [4.69, 9.17) is 14.2 Å². The van der Waals surface area contributed by atoms with Crippen LogP contribution >= 0.6 is 0 Å². The van der Waals surface area contributed by atoms with Crippen LogP contribution in [0.3, 0.4) is 0 Å². The number of methoxy groups -OCH3 is 1. The number of hydrogen-bond donors (Lipinski definition) is 0. The molecule has 0 aromatic heterocycles. The second-order valence-electron chi connectivity index (χ2n) is 6.26. The summed E-state index contributed by atoms with van der Waals surface area (Å²) in [5, 5.41) is 0. The lowest BCUT2D eigenvalue weighted by atomic mass is 10.2. The van der Waals surface area contributed by atoms with Gasteiger partial charge >= 0.3 is 0 Å². The van der Waals surface area contributed by atoms with Crippen LogP contribution in [0.5, 0.6) is 17.2 Å². The fourth-order valence-electron chi connectivity index (χ4n) is 3.04. The molecule has 1 fully saturated rings. The minimum Gasteiger partial charge on any atom is -0.497 e. The molecule has 0 atom stereocenters. The minimum absolute atomic E-state index is 0.0123. The molecule has 1 saturated heterocycles. The van der Waals surface area contributed by atoms with Gasteiger partial charge in [0, 0.05) is 31.9 Å². The van der Waals surface area contributed by atoms with Crippen LogP contribution in [0.25, 0.3) is 0 Å². The lowest BCUT2D eigenvalue weighted by molar-refractivity contribution is -0.133. The number of amides is 1. The molecule has 0 spiro atoms. The topological polar surface area (TPSA) is 51.2 Å². The number of anilines is 1. The Morgan fingerprint density at radius 3 is 1.96 bits per heavy atom. The summed E-state index contributed by atoms with van der Waals surface area (Å²) < 4.78 is 16.2. The van der Waals surface area contributed by atoms with Crippen molar-refractivity contribution in [1.29, 1.82) is 0 Å². The van der Waals surface area contributed by atoms with Gasteiger partial charge < -0.3 is 24.0 Å². The van der Waals surface area contributed by atoms with Crippen LogP contribution in [0.2, 0.25) is 0 Å². The summed E-state index contributed by atoms with van der Waals surface area (Å²) in [5.74, 6) is 2.33. The van der Waals surface area contributed by atoms with E-state index in [0.717, 1.165) is 30.3 Å². The molecule has 2 aromatic carbocycles. The van der Waals surface area contributed by atoms with E-state index in [-0.39, 0.29) is 12.5 Å². The SMILES string of the molecule is CCOc1ccc(OCC(=O)N2CCN(c3ccc(OC)cc3)CC2)cc1.